The third kappa shape index (κ3) is 3.82. The van der Waals surface area contributed by atoms with Gasteiger partial charge < -0.3 is 14.6 Å². The highest BCUT2D eigenvalue weighted by Gasteiger charge is 2.10. The molecule has 4 heteroatoms. The van der Waals surface area contributed by atoms with Crippen molar-refractivity contribution in [3.8, 4) is 11.5 Å². The first-order valence-corrected chi connectivity index (χ1v) is 6.89. The molecule has 0 spiro atoms. The minimum atomic E-state index is 0.238. The van der Waals surface area contributed by atoms with Crippen molar-refractivity contribution in [1.29, 1.82) is 0 Å². The number of aliphatic hydroxyl groups is 1. The van der Waals surface area contributed by atoms with Crippen LogP contribution in [0.5, 0.6) is 11.5 Å². The predicted molar refractivity (Wildman–Crippen MR) is 71.4 cm³/mol. The highest BCUT2D eigenvalue weighted by atomic mass is 32.2. The molecule has 0 radical (unpaired) electrons. The molecule has 0 bridgehead atoms. The van der Waals surface area contributed by atoms with E-state index in [1.807, 2.05) is 18.4 Å². The van der Waals surface area contributed by atoms with Crippen LogP contribution < -0.4 is 9.47 Å². The summed E-state index contributed by atoms with van der Waals surface area (Å²) in [6.07, 6.45) is 4.68. The van der Waals surface area contributed by atoms with Crippen LogP contribution >= 0.6 is 11.8 Å². The molecule has 0 saturated carbocycles. The van der Waals surface area contributed by atoms with Crippen molar-refractivity contribution < 1.29 is 14.6 Å². The highest BCUT2D eigenvalue weighted by molar-refractivity contribution is 7.98. The number of ether oxygens (including phenoxy) is 2. The number of hydrogen-bond donors (Lipinski definition) is 1. The molecule has 1 N–H and O–H groups in total. The number of aliphatic hydroxyl groups excluding tert-OH is 1. The Labute approximate surface area is 107 Å². The van der Waals surface area contributed by atoms with Crippen molar-refractivity contribution in [3.05, 3.63) is 17.7 Å². The van der Waals surface area contributed by atoms with Crippen molar-refractivity contribution in [2.75, 3.05) is 27.1 Å². The van der Waals surface area contributed by atoms with Gasteiger partial charge >= 0.3 is 0 Å². The fourth-order valence-corrected chi connectivity index (χ4v) is 2.28. The summed E-state index contributed by atoms with van der Waals surface area (Å²) >= 11 is 1.64. The third-order valence-electron chi connectivity index (χ3n) is 2.64. The second kappa shape index (κ2) is 7.45. The monoisotopic (exact) mass is 256 g/mol. The summed E-state index contributed by atoms with van der Waals surface area (Å²) in [4.78, 5) is 1.08. The average molecular weight is 256 g/mol. The molecule has 0 unspecified atom stereocenters. The lowest BCUT2D eigenvalue weighted by atomic mass is 10.1. The molecule has 0 fully saturated rings. The van der Waals surface area contributed by atoms with Gasteiger partial charge in [-0.1, -0.05) is 0 Å². The van der Waals surface area contributed by atoms with Crippen LogP contribution in [0.15, 0.2) is 17.0 Å². The molecule has 3 nitrogen and oxygen atoms in total. The number of hydrogen-bond acceptors (Lipinski definition) is 4. The van der Waals surface area contributed by atoms with Crippen molar-refractivity contribution in [1.82, 2.24) is 0 Å². The zero-order chi connectivity index (χ0) is 12.7. The molecule has 0 atom stereocenters. The van der Waals surface area contributed by atoms with Gasteiger partial charge in [0.25, 0.3) is 0 Å². The third-order valence-corrected chi connectivity index (χ3v) is 3.40. The largest absolute Gasteiger partial charge is 0.496 e. The summed E-state index contributed by atoms with van der Waals surface area (Å²) in [5.41, 5.74) is 1.13. The van der Waals surface area contributed by atoms with Crippen molar-refractivity contribution in [3.63, 3.8) is 0 Å². The van der Waals surface area contributed by atoms with Crippen LogP contribution in [0, 0.1) is 0 Å². The van der Waals surface area contributed by atoms with Crippen LogP contribution in [0.4, 0.5) is 0 Å². The van der Waals surface area contributed by atoms with Gasteiger partial charge in [-0.15, -0.1) is 11.8 Å². The molecule has 1 aromatic carbocycles. The van der Waals surface area contributed by atoms with Crippen LogP contribution in [0.3, 0.4) is 0 Å². The number of unbranched alkanes of at least 4 members (excludes halogenated alkanes) is 1. The van der Waals surface area contributed by atoms with Crippen LogP contribution in [0.25, 0.3) is 0 Å². The molecule has 0 amide bonds. The molecule has 96 valence electrons. The van der Waals surface area contributed by atoms with E-state index < -0.39 is 0 Å². The Bertz CT molecular complexity index is 353. The fourth-order valence-electron chi connectivity index (χ4n) is 1.72. The van der Waals surface area contributed by atoms with Crippen molar-refractivity contribution in [2.24, 2.45) is 0 Å². The molecule has 1 rings (SSSR count). The van der Waals surface area contributed by atoms with E-state index in [1.54, 1.807) is 26.0 Å². The molecule has 1 aromatic rings. The normalized spacial score (nSPS) is 10.4. The Balaban J connectivity index is 2.93. The molecule has 0 aliphatic carbocycles. The quantitative estimate of drug-likeness (QED) is 0.601. The molecule has 0 aromatic heterocycles. The van der Waals surface area contributed by atoms with E-state index in [4.69, 9.17) is 14.6 Å². The SMILES string of the molecule is COc1cc(SC)c(OC)cc1CCCCO. The van der Waals surface area contributed by atoms with Gasteiger partial charge in [0.1, 0.15) is 11.5 Å². The van der Waals surface area contributed by atoms with Crippen LogP contribution in [0.2, 0.25) is 0 Å². The molecular formula is C13H20O3S. The van der Waals surface area contributed by atoms with Crippen LogP contribution in [-0.2, 0) is 6.42 Å². The lowest BCUT2D eigenvalue weighted by molar-refractivity contribution is 0.284. The lowest BCUT2D eigenvalue weighted by Crippen LogP contribution is -1.97. The first-order chi connectivity index (χ1) is 8.26. The van der Waals surface area contributed by atoms with Crippen molar-refractivity contribution >= 4 is 11.8 Å². The molecule has 0 saturated heterocycles. The van der Waals surface area contributed by atoms with Gasteiger partial charge in [-0.05, 0) is 43.2 Å². The minimum Gasteiger partial charge on any atom is -0.496 e. The van der Waals surface area contributed by atoms with E-state index in [9.17, 15) is 0 Å². The van der Waals surface area contributed by atoms with Gasteiger partial charge in [-0.3, -0.25) is 0 Å². The number of thioether (sulfide) groups is 1. The second-order valence-electron chi connectivity index (χ2n) is 3.70. The van der Waals surface area contributed by atoms with Gasteiger partial charge in [0.05, 0.1) is 19.1 Å². The van der Waals surface area contributed by atoms with Crippen LogP contribution in [0.1, 0.15) is 18.4 Å². The summed E-state index contributed by atoms with van der Waals surface area (Å²) in [5, 5.41) is 8.79. The summed E-state index contributed by atoms with van der Waals surface area (Å²) in [6, 6.07) is 4.04. The van der Waals surface area contributed by atoms with Gasteiger partial charge in [-0.2, -0.15) is 0 Å². The molecular weight excluding hydrogens is 236 g/mol. The maximum absolute atomic E-state index is 8.79. The van der Waals surface area contributed by atoms with Gasteiger partial charge in [0.2, 0.25) is 0 Å². The fraction of sp³-hybridized carbons (Fsp3) is 0.538. The summed E-state index contributed by atoms with van der Waals surface area (Å²) in [5.74, 6) is 1.78. The van der Waals surface area contributed by atoms with Gasteiger partial charge in [-0.25, -0.2) is 0 Å². The van der Waals surface area contributed by atoms with Gasteiger partial charge in [0.15, 0.2) is 0 Å². The van der Waals surface area contributed by atoms with Crippen molar-refractivity contribution in [2.45, 2.75) is 24.2 Å². The minimum absolute atomic E-state index is 0.238. The standard InChI is InChI=1S/C13H20O3S/c1-15-11-9-13(17-3)12(16-2)8-10(11)6-4-5-7-14/h8-9,14H,4-7H2,1-3H3. The molecule has 17 heavy (non-hydrogen) atoms. The number of rotatable bonds is 7. The van der Waals surface area contributed by atoms with Gasteiger partial charge in [0, 0.05) is 6.61 Å². The summed E-state index contributed by atoms with van der Waals surface area (Å²) < 4.78 is 10.7. The molecule has 0 aliphatic heterocycles. The Morgan fingerprint density at radius 3 is 2.35 bits per heavy atom. The topological polar surface area (TPSA) is 38.7 Å². The Kier molecular flexibility index (Phi) is 6.22. The maximum Gasteiger partial charge on any atom is 0.132 e. The van der Waals surface area contributed by atoms with Crippen LogP contribution in [-0.4, -0.2) is 32.2 Å². The van der Waals surface area contributed by atoms with E-state index in [0.29, 0.717) is 0 Å². The molecule has 0 heterocycles. The number of aryl methyl sites for hydroxylation is 1. The Morgan fingerprint density at radius 2 is 1.82 bits per heavy atom. The summed E-state index contributed by atoms with van der Waals surface area (Å²) in [6.45, 7) is 0.238. The maximum atomic E-state index is 8.79. The number of methoxy groups -OCH3 is 2. The van der Waals surface area contributed by atoms with E-state index in [2.05, 4.69) is 0 Å². The lowest BCUT2D eigenvalue weighted by Gasteiger charge is -2.13. The van der Waals surface area contributed by atoms with E-state index in [0.717, 1.165) is 41.2 Å². The Hall–Kier alpha value is -0.870. The molecule has 0 aliphatic rings. The average Bonchev–Trinajstić information content (AvgIpc) is 2.38. The van der Waals surface area contributed by atoms with E-state index >= 15 is 0 Å². The zero-order valence-electron chi connectivity index (χ0n) is 10.7. The first-order valence-electron chi connectivity index (χ1n) is 5.66. The second-order valence-corrected chi connectivity index (χ2v) is 4.55. The highest BCUT2D eigenvalue weighted by Crippen LogP contribution is 2.35. The van der Waals surface area contributed by atoms with E-state index in [1.165, 1.54) is 0 Å². The smallest absolute Gasteiger partial charge is 0.132 e. The summed E-state index contributed by atoms with van der Waals surface area (Å²) in [7, 11) is 3.36. The number of benzene rings is 1. The zero-order valence-corrected chi connectivity index (χ0v) is 11.5. The predicted octanol–water partition coefficient (Wildman–Crippen LogP) is 2.74. The first kappa shape index (κ1) is 14.2. The van der Waals surface area contributed by atoms with E-state index in [-0.39, 0.29) is 6.61 Å². The Morgan fingerprint density at radius 1 is 1.12 bits per heavy atom.